The van der Waals surface area contributed by atoms with Gasteiger partial charge in [0.15, 0.2) is 0 Å². The highest BCUT2D eigenvalue weighted by Crippen LogP contribution is 2.44. The summed E-state index contributed by atoms with van der Waals surface area (Å²) in [5, 5.41) is 0. The summed E-state index contributed by atoms with van der Waals surface area (Å²) >= 11 is 0. The molecule has 0 atom stereocenters. The number of carbonyl (C=O) groups excluding carboxylic acids is 1. The zero-order valence-corrected chi connectivity index (χ0v) is 10.4. The van der Waals surface area contributed by atoms with Crippen LogP contribution in [0, 0.1) is 0 Å². The van der Waals surface area contributed by atoms with E-state index in [1.165, 1.54) is 12.8 Å². The van der Waals surface area contributed by atoms with Crippen molar-refractivity contribution in [1.82, 2.24) is 9.80 Å². The summed E-state index contributed by atoms with van der Waals surface area (Å²) in [5.41, 5.74) is 0.194. The lowest BCUT2D eigenvalue weighted by atomic mass is 10.1. The van der Waals surface area contributed by atoms with Crippen LogP contribution in [0.3, 0.4) is 0 Å². The van der Waals surface area contributed by atoms with Gasteiger partial charge in [0, 0.05) is 26.7 Å². The van der Waals surface area contributed by atoms with Crippen molar-refractivity contribution in [2.75, 3.05) is 39.9 Å². The molecule has 1 spiro atoms. The first kappa shape index (κ1) is 11.9. The third-order valence-corrected chi connectivity index (χ3v) is 3.83. The maximum Gasteiger partial charge on any atom is 0.225 e. The van der Waals surface area contributed by atoms with Gasteiger partial charge in [0.2, 0.25) is 5.91 Å². The summed E-state index contributed by atoms with van der Waals surface area (Å²) in [6.45, 7) is 6.83. The molecule has 1 heterocycles. The fourth-order valence-corrected chi connectivity index (χ4v) is 2.62. The van der Waals surface area contributed by atoms with Crippen LogP contribution in [-0.2, 0) is 9.53 Å². The molecule has 0 aromatic heterocycles. The lowest BCUT2D eigenvalue weighted by molar-refractivity contribution is -0.138. The molecule has 1 saturated heterocycles. The lowest BCUT2D eigenvalue weighted by Crippen LogP contribution is -2.56. The average molecular weight is 226 g/mol. The van der Waals surface area contributed by atoms with Gasteiger partial charge in [-0.3, -0.25) is 9.69 Å². The SMILES string of the molecule is CCN1CCN(C(=O)CCOC)C2(CC2)C1. The highest BCUT2D eigenvalue weighted by atomic mass is 16.5. The van der Waals surface area contributed by atoms with E-state index in [4.69, 9.17) is 4.74 Å². The van der Waals surface area contributed by atoms with Crippen LogP contribution in [0.25, 0.3) is 0 Å². The Labute approximate surface area is 97.5 Å². The number of amides is 1. The third kappa shape index (κ3) is 2.23. The van der Waals surface area contributed by atoms with Gasteiger partial charge in [-0.25, -0.2) is 0 Å². The van der Waals surface area contributed by atoms with Crippen molar-refractivity contribution in [1.29, 1.82) is 0 Å². The first-order valence-electron chi connectivity index (χ1n) is 6.23. The number of carbonyl (C=O) groups is 1. The van der Waals surface area contributed by atoms with Gasteiger partial charge in [-0.05, 0) is 19.4 Å². The van der Waals surface area contributed by atoms with E-state index in [0.717, 1.165) is 26.2 Å². The zero-order chi connectivity index (χ0) is 11.6. The third-order valence-electron chi connectivity index (χ3n) is 3.83. The maximum absolute atomic E-state index is 12.0. The van der Waals surface area contributed by atoms with Crippen LogP contribution in [0.5, 0.6) is 0 Å². The smallest absolute Gasteiger partial charge is 0.225 e. The Balaban J connectivity index is 1.93. The van der Waals surface area contributed by atoms with Crippen molar-refractivity contribution in [3.63, 3.8) is 0 Å². The quantitative estimate of drug-likeness (QED) is 0.708. The van der Waals surface area contributed by atoms with Gasteiger partial charge in [0.25, 0.3) is 0 Å². The Hall–Kier alpha value is -0.610. The minimum atomic E-state index is 0.194. The number of methoxy groups -OCH3 is 1. The summed E-state index contributed by atoms with van der Waals surface area (Å²) in [4.78, 5) is 16.6. The van der Waals surface area contributed by atoms with Crippen molar-refractivity contribution < 1.29 is 9.53 Å². The van der Waals surface area contributed by atoms with E-state index in [2.05, 4.69) is 16.7 Å². The van der Waals surface area contributed by atoms with E-state index < -0.39 is 0 Å². The predicted molar refractivity (Wildman–Crippen MR) is 62.3 cm³/mol. The molecule has 0 unspecified atom stereocenters. The van der Waals surface area contributed by atoms with Gasteiger partial charge in [-0.15, -0.1) is 0 Å². The molecule has 1 aliphatic heterocycles. The van der Waals surface area contributed by atoms with Crippen molar-refractivity contribution in [2.45, 2.75) is 31.7 Å². The van der Waals surface area contributed by atoms with E-state index in [1.54, 1.807) is 7.11 Å². The predicted octanol–water partition coefficient (Wildman–Crippen LogP) is 0.720. The highest BCUT2D eigenvalue weighted by Gasteiger charge is 2.52. The molecule has 1 saturated carbocycles. The molecule has 4 nitrogen and oxygen atoms in total. The molecule has 0 N–H and O–H groups in total. The maximum atomic E-state index is 12.0. The van der Waals surface area contributed by atoms with Crippen LogP contribution >= 0.6 is 0 Å². The van der Waals surface area contributed by atoms with Crippen molar-refractivity contribution in [3.05, 3.63) is 0 Å². The second kappa shape index (κ2) is 4.72. The molecule has 0 radical (unpaired) electrons. The number of hydrogen-bond acceptors (Lipinski definition) is 3. The molecular weight excluding hydrogens is 204 g/mol. The molecule has 1 amide bonds. The number of rotatable bonds is 4. The van der Waals surface area contributed by atoms with E-state index in [1.807, 2.05) is 0 Å². The first-order valence-corrected chi connectivity index (χ1v) is 6.23. The van der Waals surface area contributed by atoms with Gasteiger partial charge in [0.1, 0.15) is 0 Å². The molecular formula is C12H22N2O2. The van der Waals surface area contributed by atoms with Crippen LogP contribution in [0.2, 0.25) is 0 Å². The van der Waals surface area contributed by atoms with Gasteiger partial charge in [-0.2, -0.15) is 0 Å². The Morgan fingerprint density at radius 2 is 2.12 bits per heavy atom. The molecule has 92 valence electrons. The minimum absolute atomic E-state index is 0.194. The van der Waals surface area contributed by atoms with E-state index in [-0.39, 0.29) is 11.4 Å². The monoisotopic (exact) mass is 226 g/mol. The highest BCUT2D eigenvalue weighted by molar-refractivity contribution is 5.78. The van der Waals surface area contributed by atoms with Crippen molar-refractivity contribution in [3.8, 4) is 0 Å². The second-order valence-electron chi connectivity index (χ2n) is 4.88. The number of likely N-dealkylation sites (N-methyl/N-ethyl adjacent to an activating group) is 1. The van der Waals surface area contributed by atoms with Gasteiger partial charge >= 0.3 is 0 Å². The summed E-state index contributed by atoms with van der Waals surface area (Å²) in [7, 11) is 1.65. The summed E-state index contributed by atoms with van der Waals surface area (Å²) in [6.07, 6.45) is 2.90. The molecule has 0 aromatic rings. The summed E-state index contributed by atoms with van der Waals surface area (Å²) < 4.78 is 4.98. The zero-order valence-electron chi connectivity index (χ0n) is 10.4. The van der Waals surface area contributed by atoms with Crippen LogP contribution in [0.15, 0.2) is 0 Å². The standard InChI is InChI=1S/C12H22N2O2/c1-3-13-7-8-14(11(15)4-9-16-2)12(10-13)5-6-12/h3-10H2,1-2H3. The molecule has 2 fully saturated rings. The second-order valence-corrected chi connectivity index (χ2v) is 4.88. The van der Waals surface area contributed by atoms with Crippen LogP contribution < -0.4 is 0 Å². The molecule has 4 heteroatoms. The largest absolute Gasteiger partial charge is 0.384 e. The van der Waals surface area contributed by atoms with E-state index in [9.17, 15) is 4.79 Å². The summed E-state index contributed by atoms with van der Waals surface area (Å²) in [6, 6.07) is 0. The Kier molecular flexibility index (Phi) is 3.50. The summed E-state index contributed by atoms with van der Waals surface area (Å²) in [5.74, 6) is 0.273. The number of ether oxygens (including phenoxy) is 1. The van der Waals surface area contributed by atoms with Crippen LogP contribution in [0.4, 0.5) is 0 Å². The molecule has 1 aliphatic carbocycles. The minimum Gasteiger partial charge on any atom is -0.384 e. The fraction of sp³-hybridized carbons (Fsp3) is 0.917. The van der Waals surface area contributed by atoms with Crippen LogP contribution in [0.1, 0.15) is 26.2 Å². The Morgan fingerprint density at radius 3 is 2.69 bits per heavy atom. The van der Waals surface area contributed by atoms with Crippen LogP contribution in [-0.4, -0.2) is 61.1 Å². The molecule has 0 aromatic carbocycles. The van der Waals surface area contributed by atoms with E-state index >= 15 is 0 Å². The Morgan fingerprint density at radius 1 is 1.38 bits per heavy atom. The first-order chi connectivity index (χ1) is 7.72. The lowest BCUT2D eigenvalue weighted by Gasteiger charge is -2.42. The van der Waals surface area contributed by atoms with Gasteiger partial charge in [-0.1, -0.05) is 6.92 Å². The number of nitrogens with zero attached hydrogens (tertiary/aromatic N) is 2. The average Bonchev–Trinajstić information content (AvgIpc) is 3.05. The topological polar surface area (TPSA) is 32.8 Å². The molecule has 2 aliphatic rings. The molecule has 2 rings (SSSR count). The molecule has 0 bridgehead atoms. The van der Waals surface area contributed by atoms with Crippen molar-refractivity contribution in [2.24, 2.45) is 0 Å². The number of piperazine rings is 1. The Bertz CT molecular complexity index is 264. The number of hydrogen-bond donors (Lipinski definition) is 0. The normalized spacial score (nSPS) is 23.8. The molecule has 16 heavy (non-hydrogen) atoms. The van der Waals surface area contributed by atoms with Gasteiger partial charge < -0.3 is 9.64 Å². The van der Waals surface area contributed by atoms with Crippen molar-refractivity contribution >= 4 is 5.91 Å². The van der Waals surface area contributed by atoms with Gasteiger partial charge in [0.05, 0.1) is 18.6 Å². The fourth-order valence-electron chi connectivity index (χ4n) is 2.62. The van der Waals surface area contributed by atoms with E-state index in [0.29, 0.717) is 13.0 Å².